The first-order valence-electron chi connectivity index (χ1n) is 9.33. The first kappa shape index (κ1) is 22.1. The molecule has 29 heavy (non-hydrogen) atoms. The molecular weight excluding hydrogens is 372 g/mol. The molecule has 2 amide bonds. The summed E-state index contributed by atoms with van der Waals surface area (Å²) in [5, 5.41) is 5.68. The van der Waals surface area contributed by atoms with Crippen LogP contribution in [0.1, 0.15) is 29.8 Å². The molecule has 2 aromatic rings. The number of amides is 2. The monoisotopic (exact) mass is 400 g/mol. The van der Waals surface area contributed by atoms with Crippen LogP contribution in [-0.4, -0.2) is 39.2 Å². The SMILES string of the molecule is COc1cc(OC)cc(C(=O)NC(C(=O)NCc2ccccc2OC)C(C)C)c1. The summed E-state index contributed by atoms with van der Waals surface area (Å²) >= 11 is 0. The molecule has 0 aliphatic carbocycles. The summed E-state index contributed by atoms with van der Waals surface area (Å²) in [5.41, 5.74) is 1.21. The maximum Gasteiger partial charge on any atom is 0.252 e. The fourth-order valence-corrected chi connectivity index (χ4v) is 2.84. The molecule has 0 saturated carbocycles. The number of methoxy groups -OCH3 is 3. The van der Waals surface area contributed by atoms with Crippen molar-refractivity contribution in [1.29, 1.82) is 0 Å². The third kappa shape index (κ3) is 5.88. The second-order valence-corrected chi connectivity index (χ2v) is 6.83. The average molecular weight is 400 g/mol. The Hall–Kier alpha value is -3.22. The van der Waals surface area contributed by atoms with Gasteiger partial charge in [0.1, 0.15) is 23.3 Å². The summed E-state index contributed by atoms with van der Waals surface area (Å²) in [6.45, 7) is 4.05. The van der Waals surface area contributed by atoms with Gasteiger partial charge in [-0.25, -0.2) is 0 Å². The Morgan fingerprint density at radius 1 is 0.931 bits per heavy atom. The van der Waals surface area contributed by atoms with Crippen LogP contribution in [0.3, 0.4) is 0 Å². The Balaban J connectivity index is 2.11. The van der Waals surface area contributed by atoms with Crippen molar-refractivity contribution in [2.45, 2.75) is 26.4 Å². The van der Waals surface area contributed by atoms with E-state index in [9.17, 15) is 9.59 Å². The van der Waals surface area contributed by atoms with Crippen LogP contribution >= 0.6 is 0 Å². The number of hydrogen-bond acceptors (Lipinski definition) is 5. The molecule has 2 rings (SSSR count). The molecule has 0 spiro atoms. The highest BCUT2D eigenvalue weighted by Crippen LogP contribution is 2.23. The van der Waals surface area contributed by atoms with Crippen LogP contribution in [0.4, 0.5) is 0 Å². The largest absolute Gasteiger partial charge is 0.497 e. The smallest absolute Gasteiger partial charge is 0.252 e. The van der Waals surface area contributed by atoms with E-state index in [1.165, 1.54) is 14.2 Å². The minimum absolute atomic E-state index is 0.107. The van der Waals surface area contributed by atoms with E-state index >= 15 is 0 Å². The number of hydrogen-bond donors (Lipinski definition) is 2. The van der Waals surface area contributed by atoms with Crippen LogP contribution in [0.5, 0.6) is 17.2 Å². The maximum atomic E-state index is 12.8. The summed E-state index contributed by atoms with van der Waals surface area (Å²) in [6, 6.07) is 11.6. The van der Waals surface area contributed by atoms with Crippen molar-refractivity contribution in [2.75, 3.05) is 21.3 Å². The highest BCUT2D eigenvalue weighted by atomic mass is 16.5. The van der Waals surface area contributed by atoms with E-state index in [-0.39, 0.29) is 17.7 Å². The average Bonchev–Trinajstić information content (AvgIpc) is 2.74. The molecule has 0 aliphatic rings. The standard InChI is InChI=1S/C22H28N2O5/c1-14(2)20(22(26)23-13-15-8-6-7-9-19(15)29-5)24-21(25)16-10-17(27-3)12-18(11-16)28-4/h6-12,14,20H,13H2,1-5H3,(H,23,26)(H,24,25). The highest BCUT2D eigenvalue weighted by Gasteiger charge is 2.25. The Morgan fingerprint density at radius 2 is 1.55 bits per heavy atom. The predicted molar refractivity (Wildman–Crippen MR) is 110 cm³/mol. The molecular formula is C22H28N2O5. The molecule has 0 heterocycles. The molecule has 0 bridgehead atoms. The van der Waals surface area contributed by atoms with Crippen LogP contribution in [0.2, 0.25) is 0 Å². The van der Waals surface area contributed by atoms with Gasteiger partial charge >= 0.3 is 0 Å². The number of benzene rings is 2. The fraction of sp³-hybridized carbons (Fsp3) is 0.364. The van der Waals surface area contributed by atoms with Gasteiger partial charge in [0.2, 0.25) is 5.91 Å². The Bertz CT molecular complexity index is 829. The summed E-state index contributed by atoms with van der Waals surface area (Å²) in [5.74, 6) is 0.931. The van der Waals surface area contributed by atoms with Gasteiger partial charge in [0.15, 0.2) is 0 Å². The van der Waals surface area contributed by atoms with E-state index in [1.54, 1.807) is 25.3 Å². The summed E-state index contributed by atoms with van der Waals surface area (Å²) in [7, 11) is 4.61. The zero-order valence-corrected chi connectivity index (χ0v) is 17.4. The van der Waals surface area contributed by atoms with Crippen LogP contribution < -0.4 is 24.8 Å². The molecule has 7 heteroatoms. The van der Waals surface area contributed by atoms with E-state index < -0.39 is 6.04 Å². The van der Waals surface area contributed by atoms with Gasteiger partial charge in [0.05, 0.1) is 21.3 Å². The second kappa shape index (κ2) is 10.4. The Labute approximate surface area is 171 Å². The van der Waals surface area contributed by atoms with Gasteiger partial charge in [0, 0.05) is 23.7 Å². The molecule has 2 N–H and O–H groups in total. The third-order valence-electron chi connectivity index (χ3n) is 4.49. The molecule has 2 aromatic carbocycles. The summed E-state index contributed by atoms with van der Waals surface area (Å²) in [4.78, 5) is 25.5. The summed E-state index contributed by atoms with van der Waals surface area (Å²) < 4.78 is 15.7. The van der Waals surface area contributed by atoms with Crippen LogP contribution in [0.25, 0.3) is 0 Å². The van der Waals surface area contributed by atoms with Gasteiger partial charge in [0.25, 0.3) is 5.91 Å². The molecule has 0 aliphatic heterocycles. The number of rotatable bonds is 9. The molecule has 0 aromatic heterocycles. The van der Waals surface area contributed by atoms with Crippen molar-refractivity contribution >= 4 is 11.8 Å². The maximum absolute atomic E-state index is 12.8. The van der Waals surface area contributed by atoms with Gasteiger partial charge in [-0.05, 0) is 24.1 Å². The van der Waals surface area contributed by atoms with Crippen molar-refractivity contribution in [1.82, 2.24) is 10.6 Å². The lowest BCUT2D eigenvalue weighted by molar-refractivity contribution is -0.124. The van der Waals surface area contributed by atoms with Gasteiger partial charge in [-0.3, -0.25) is 9.59 Å². The van der Waals surface area contributed by atoms with E-state index in [4.69, 9.17) is 14.2 Å². The minimum Gasteiger partial charge on any atom is -0.497 e. The quantitative estimate of drug-likeness (QED) is 0.676. The van der Waals surface area contributed by atoms with E-state index in [0.29, 0.717) is 29.4 Å². The minimum atomic E-state index is -0.700. The lowest BCUT2D eigenvalue weighted by atomic mass is 10.0. The van der Waals surface area contributed by atoms with Gasteiger partial charge < -0.3 is 24.8 Å². The van der Waals surface area contributed by atoms with Crippen molar-refractivity contribution in [3.05, 3.63) is 53.6 Å². The van der Waals surface area contributed by atoms with Crippen molar-refractivity contribution in [3.63, 3.8) is 0 Å². The zero-order valence-electron chi connectivity index (χ0n) is 17.4. The third-order valence-corrected chi connectivity index (χ3v) is 4.49. The van der Waals surface area contributed by atoms with E-state index in [2.05, 4.69) is 10.6 Å². The van der Waals surface area contributed by atoms with Gasteiger partial charge in [-0.2, -0.15) is 0 Å². The number of ether oxygens (including phenoxy) is 3. The van der Waals surface area contributed by atoms with Crippen LogP contribution in [0, 0.1) is 5.92 Å². The zero-order chi connectivity index (χ0) is 21.4. The van der Waals surface area contributed by atoms with Crippen molar-refractivity contribution in [2.24, 2.45) is 5.92 Å². The lowest BCUT2D eigenvalue weighted by Gasteiger charge is -2.22. The molecule has 1 atom stereocenters. The first-order valence-corrected chi connectivity index (χ1v) is 9.33. The van der Waals surface area contributed by atoms with E-state index in [0.717, 1.165) is 5.56 Å². The molecule has 7 nitrogen and oxygen atoms in total. The predicted octanol–water partition coefficient (Wildman–Crippen LogP) is 2.78. The fourth-order valence-electron chi connectivity index (χ4n) is 2.84. The second-order valence-electron chi connectivity index (χ2n) is 6.83. The van der Waals surface area contributed by atoms with Crippen LogP contribution in [-0.2, 0) is 11.3 Å². The number of carbonyl (C=O) groups excluding carboxylic acids is 2. The molecule has 0 fully saturated rings. The first-order chi connectivity index (χ1) is 13.9. The number of nitrogens with one attached hydrogen (secondary N) is 2. The summed E-state index contributed by atoms with van der Waals surface area (Å²) in [6.07, 6.45) is 0. The number of carbonyl (C=O) groups is 2. The van der Waals surface area contributed by atoms with E-state index in [1.807, 2.05) is 38.1 Å². The lowest BCUT2D eigenvalue weighted by Crippen LogP contribution is -2.49. The normalized spacial score (nSPS) is 11.5. The van der Waals surface area contributed by atoms with Crippen molar-refractivity contribution < 1.29 is 23.8 Å². The van der Waals surface area contributed by atoms with Gasteiger partial charge in [-0.1, -0.05) is 32.0 Å². The highest BCUT2D eigenvalue weighted by molar-refractivity contribution is 5.98. The Kier molecular flexibility index (Phi) is 7.88. The molecule has 1 unspecified atom stereocenters. The molecule has 0 saturated heterocycles. The number of para-hydroxylation sites is 1. The molecule has 156 valence electrons. The topological polar surface area (TPSA) is 85.9 Å². The Morgan fingerprint density at radius 3 is 2.10 bits per heavy atom. The van der Waals surface area contributed by atoms with Crippen molar-refractivity contribution in [3.8, 4) is 17.2 Å². The van der Waals surface area contributed by atoms with Gasteiger partial charge in [-0.15, -0.1) is 0 Å². The molecule has 0 radical (unpaired) electrons. The van der Waals surface area contributed by atoms with Crippen LogP contribution in [0.15, 0.2) is 42.5 Å².